The molecule has 3 aromatic rings. The summed E-state index contributed by atoms with van der Waals surface area (Å²) in [7, 11) is 1.48. The number of likely N-dealkylation sites (tertiary alicyclic amines) is 1. The van der Waals surface area contributed by atoms with Gasteiger partial charge in [-0.1, -0.05) is 6.07 Å². The zero-order valence-electron chi connectivity index (χ0n) is 20.6. The fraction of sp³-hybridized carbons (Fsp3) is 0.214. The Morgan fingerprint density at radius 3 is 2.28 bits per heavy atom. The molecular weight excluding hydrogens is 510 g/mol. The van der Waals surface area contributed by atoms with E-state index < -0.39 is 17.7 Å². The molecule has 1 fully saturated rings. The lowest BCUT2D eigenvalue weighted by atomic mass is 9.94. The minimum absolute atomic E-state index is 0.00370. The Morgan fingerprint density at radius 1 is 0.846 bits per heavy atom. The first kappa shape index (κ1) is 23.1. The van der Waals surface area contributed by atoms with E-state index in [0.717, 1.165) is 0 Å². The van der Waals surface area contributed by atoms with Gasteiger partial charge in [-0.25, -0.2) is 0 Å². The molecule has 1 N–H and O–H groups in total. The molecule has 7 rings (SSSR count). The SMILES string of the molecule is COc1cc(C2C(=C(O)c3ccc4c(c3)OCO4)C(=O)C(=O)N2Cc2ccc3c(c2)OCO3)cc2c1OCO2. The number of benzene rings is 3. The molecule has 0 spiro atoms. The van der Waals surface area contributed by atoms with Gasteiger partial charge in [0, 0.05) is 12.1 Å². The third-order valence-electron chi connectivity index (χ3n) is 6.97. The van der Waals surface area contributed by atoms with Crippen molar-refractivity contribution < 1.29 is 47.9 Å². The molecule has 0 aromatic heterocycles. The van der Waals surface area contributed by atoms with Gasteiger partial charge in [0.25, 0.3) is 11.7 Å². The van der Waals surface area contributed by atoms with Crippen molar-refractivity contribution >= 4 is 17.4 Å². The van der Waals surface area contributed by atoms with Gasteiger partial charge in [-0.05, 0) is 53.6 Å². The molecule has 1 atom stereocenters. The number of carbonyl (C=O) groups is 2. The van der Waals surface area contributed by atoms with Crippen molar-refractivity contribution in [2.24, 2.45) is 0 Å². The van der Waals surface area contributed by atoms with Gasteiger partial charge in [-0.3, -0.25) is 9.59 Å². The second kappa shape index (κ2) is 8.76. The van der Waals surface area contributed by atoms with Gasteiger partial charge in [0.05, 0.1) is 18.7 Å². The predicted molar refractivity (Wildman–Crippen MR) is 132 cm³/mol. The fourth-order valence-corrected chi connectivity index (χ4v) is 5.13. The zero-order valence-corrected chi connectivity index (χ0v) is 20.6. The van der Waals surface area contributed by atoms with Crippen LogP contribution in [-0.2, 0) is 16.1 Å². The molecule has 0 radical (unpaired) electrons. The van der Waals surface area contributed by atoms with E-state index in [1.54, 1.807) is 48.5 Å². The molecular formula is C28H21NO10. The third-order valence-corrected chi connectivity index (χ3v) is 6.97. The Bertz CT molecular complexity index is 1580. The number of carbonyl (C=O) groups excluding carboxylic acids is 2. The molecule has 0 bridgehead atoms. The van der Waals surface area contributed by atoms with Crippen LogP contribution in [-0.4, -0.2) is 49.2 Å². The quantitative estimate of drug-likeness (QED) is 0.297. The van der Waals surface area contributed by atoms with Crippen molar-refractivity contribution in [3.8, 4) is 40.2 Å². The van der Waals surface area contributed by atoms with Crippen LogP contribution >= 0.6 is 0 Å². The van der Waals surface area contributed by atoms with Crippen LogP contribution in [0, 0.1) is 0 Å². The van der Waals surface area contributed by atoms with E-state index in [4.69, 9.17) is 33.2 Å². The average Bonchev–Trinajstić information content (AvgIpc) is 3.75. The Labute approximate surface area is 221 Å². The lowest BCUT2D eigenvalue weighted by Crippen LogP contribution is -2.29. The number of ether oxygens (including phenoxy) is 7. The summed E-state index contributed by atoms with van der Waals surface area (Å²) >= 11 is 0. The van der Waals surface area contributed by atoms with Crippen molar-refractivity contribution in [3.05, 3.63) is 70.8 Å². The topological polar surface area (TPSA) is 122 Å². The van der Waals surface area contributed by atoms with Crippen LogP contribution in [0.4, 0.5) is 0 Å². The number of methoxy groups -OCH3 is 1. The van der Waals surface area contributed by atoms with Crippen LogP contribution in [0.5, 0.6) is 40.2 Å². The predicted octanol–water partition coefficient (Wildman–Crippen LogP) is 3.50. The largest absolute Gasteiger partial charge is 0.507 e. The van der Waals surface area contributed by atoms with Gasteiger partial charge in [0.1, 0.15) is 5.76 Å². The van der Waals surface area contributed by atoms with E-state index in [9.17, 15) is 14.7 Å². The van der Waals surface area contributed by atoms with E-state index in [-0.39, 0.29) is 38.3 Å². The lowest BCUT2D eigenvalue weighted by Gasteiger charge is -2.26. The summed E-state index contributed by atoms with van der Waals surface area (Å²) in [5.41, 5.74) is 1.43. The molecule has 11 heteroatoms. The van der Waals surface area contributed by atoms with Crippen LogP contribution in [0.3, 0.4) is 0 Å². The number of aliphatic hydroxyl groups is 1. The van der Waals surface area contributed by atoms with E-state index in [2.05, 4.69) is 0 Å². The van der Waals surface area contributed by atoms with Gasteiger partial charge in [-0.15, -0.1) is 0 Å². The number of rotatable bonds is 5. The van der Waals surface area contributed by atoms with Gasteiger partial charge in [-0.2, -0.15) is 0 Å². The molecule has 39 heavy (non-hydrogen) atoms. The monoisotopic (exact) mass is 531 g/mol. The molecule has 198 valence electrons. The maximum absolute atomic E-state index is 13.5. The number of fused-ring (bicyclic) bond motifs is 3. The van der Waals surface area contributed by atoms with E-state index in [1.807, 2.05) is 0 Å². The molecule has 0 saturated carbocycles. The van der Waals surface area contributed by atoms with Crippen LogP contribution < -0.4 is 33.2 Å². The first-order valence-corrected chi connectivity index (χ1v) is 12.1. The molecule has 4 heterocycles. The van der Waals surface area contributed by atoms with Crippen LogP contribution in [0.15, 0.2) is 54.1 Å². The van der Waals surface area contributed by atoms with Crippen molar-refractivity contribution in [2.75, 3.05) is 27.5 Å². The standard InChI is InChI=1S/C28H21NO10/c1-33-21-8-16(9-22-27(21)39-13-38-22)24-23(25(30)15-3-5-18-20(7-15)37-12-35-18)26(31)28(32)29(24)10-14-2-4-17-19(6-14)36-11-34-17/h2-9,24,30H,10-13H2,1H3. The number of nitrogens with zero attached hydrogens (tertiary/aromatic N) is 1. The van der Waals surface area contributed by atoms with Crippen LogP contribution in [0.25, 0.3) is 5.76 Å². The zero-order chi connectivity index (χ0) is 26.7. The smallest absolute Gasteiger partial charge is 0.295 e. The number of Topliss-reactive ketones (excluding diaryl/α,β-unsaturated/α-hetero) is 1. The molecule has 1 saturated heterocycles. The first-order valence-electron chi connectivity index (χ1n) is 12.1. The number of hydrogen-bond acceptors (Lipinski definition) is 10. The van der Waals surface area contributed by atoms with Crippen molar-refractivity contribution in [3.63, 3.8) is 0 Å². The molecule has 3 aromatic carbocycles. The summed E-state index contributed by atoms with van der Waals surface area (Å²) in [5.74, 6) is 1.35. The average molecular weight is 531 g/mol. The summed E-state index contributed by atoms with van der Waals surface area (Å²) in [6, 6.07) is 12.5. The van der Waals surface area contributed by atoms with Crippen molar-refractivity contribution in [1.82, 2.24) is 4.90 Å². The first-order chi connectivity index (χ1) is 19.0. The van der Waals surface area contributed by atoms with Crippen LogP contribution in [0.2, 0.25) is 0 Å². The lowest BCUT2D eigenvalue weighted by molar-refractivity contribution is -0.140. The van der Waals surface area contributed by atoms with E-state index >= 15 is 0 Å². The minimum Gasteiger partial charge on any atom is -0.507 e. The third kappa shape index (κ3) is 3.65. The minimum atomic E-state index is -0.968. The summed E-state index contributed by atoms with van der Waals surface area (Å²) in [4.78, 5) is 28.4. The van der Waals surface area contributed by atoms with Gasteiger partial charge in [0.15, 0.2) is 34.5 Å². The second-order valence-electron chi connectivity index (χ2n) is 9.14. The maximum atomic E-state index is 13.5. The molecule has 4 aliphatic rings. The Hall–Kier alpha value is -5.06. The summed E-state index contributed by atoms with van der Waals surface area (Å²) in [6.45, 7) is 0.219. The normalized spacial score (nSPS) is 19.6. The Kier molecular flexibility index (Phi) is 5.18. The maximum Gasteiger partial charge on any atom is 0.295 e. The highest BCUT2D eigenvalue weighted by molar-refractivity contribution is 6.46. The highest BCUT2D eigenvalue weighted by Gasteiger charge is 2.47. The molecule has 1 unspecified atom stereocenters. The molecule has 11 nitrogen and oxygen atoms in total. The number of aliphatic hydroxyl groups excluding tert-OH is 1. The van der Waals surface area contributed by atoms with Crippen molar-refractivity contribution in [1.29, 1.82) is 0 Å². The van der Waals surface area contributed by atoms with Crippen molar-refractivity contribution in [2.45, 2.75) is 12.6 Å². The highest BCUT2D eigenvalue weighted by atomic mass is 16.7. The summed E-state index contributed by atoms with van der Waals surface area (Å²) < 4.78 is 38.3. The number of amides is 1. The van der Waals surface area contributed by atoms with Crippen LogP contribution in [0.1, 0.15) is 22.7 Å². The molecule has 0 aliphatic carbocycles. The van der Waals surface area contributed by atoms with E-state index in [1.165, 1.54) is 12.0 Å². The summed E-state index contributed by atoms with van der Waals surface area (Å²) in [5, 5.41) is 11.5. The summed E-state index contributed by atoms with van der Waals surface area (Å²) in [6.07, 6.45) is 0. The molecule has 4 aliphatic heterocycles. The fourth-order valence-electron chi connectivity index (χ4n) is 5.13. The van der Waals surface area contributed by atoms with Gasteiger partial charge < -0.3 is 43.2 Å². The number of ketones is 1. The highest BCUT2D eigenvalue weighted by Crippen LogP contribution is 2.48. The Balaban J connectivity index is 1.37. The number of hydrogen-bond donors (Lipinski definition) is 1. The Morgan fingerprint density at radius 2 is 1.51 bits per heavy atom. The van der Waals surface area contributed by atoms with Gasteiger partial charge in [0.2, 0.25) is 26.1 Å². The van der Waals surface area contributed by atoms with E-state index in [0.29, 0.717) is 56.9 Å². The molecule has 1 amide bonds. The van der Waals surface area contributed by atoms with Gasteiger partial charge >= 0.3 is 0 Å². The second-order valence-corrected chi connectivity index (χ2v) is 9.14.